The van der Waals surface area contributed by atoms with Crippen LogP contribution >= 0.6 is 0 Å². The first-order chi connectivity index (χ1) is 15.1. The van der Waals surface area contributed by atoms with Crippen molar-refractivity contribution < 1.29 is 35.9 Å². The van der Waals surface area contributed by atoms with Crippen LogP contribution in [-0.4, -0.2) is 37.5 Å². The summed E-state index contributed by atoms with van der Waals surface area (Å²) in [4.78, 5) is 12.3. The highest BCUT2D eigenvalue weighted by molar-refractivity contribution is 7.92. The number of benzene rings is 2. The third-order valence-corrected chi connectivity index (χ3v) is 5.13. The molecule has 0 aliphatic rings. The predicted molar refractivity (Wildman–Crippen MR) is 108 cm³/mol. The Labute approximate surface area is 180 Å². The van der Waals surface area contributed by atoms with Gasteiger partial charge in [-0.25, -0.2) is 0 Å². The van der Waals surface area contributed by atoms with E-state index in [0.29, 0.717) is 12.4 Å². The summed E-state index contributed by atoms with van der Waals surface area (Å²) >= 11 is 0. The number of ether oxygens (including phenoxy) is 2. The lowest BCUT2D eigenvalue weighted by molar-refractivity contribution is -0.274. The second-order valence-corrected chi connectivity index (χ2v) is 7.86. The summed E-state index contributed by atoms with van der Waals surface area (Å²) < 4.78 is 73.0. The summed E-state index contributed by atoms with van der Waals surface area (Å²) in [6, 6.07) is 11.7. The van der Waals surface area contributed by atoms with Gasteiger partial charge in [0, 0.05) is 17.4 Å². The molecule has 32 heavy (non-hydrogen) atoms. The Balaban J connectivity index is 1.65. The number of rotatable bonds is 8. The molecule has 0 unspecified atom stereocenters. The topological polar surface area (TPSA) is 122 Å². The van der Waals surface area contributed by atoms with E-state index in [1.807, 2.05) is 6.92 Å². The zero-order valence-electron chi connectivity index (χ0n) is 16.4. The number of sulfonamides is 1. The van der Waals surface area contributed by atoms with Gasteiger partial charge >= 0.3 is 6.36 Å². The summed E-state index contributed by atoms with van der Waals surface area (Å²) in [6.45, 7) is 2.29. The zero-order valence-corrected chi connectivity index (χ0v) is 17.3. The van der Waals surface area contributed by atoms with Crippen molar-refractivity contribution in [3.05, 3.63) is 60.3 Å². The molecule has 2 aromatic carbocycles. The highest BCUT2D eigenvalue weighted by atomic mass is 32.2. The van der Waals surface area contributed by atoms with Crippen LogP contribution in [0.3, 0.4) is 0 Å². The van der Waals surface area contributed by atoms with Crippen molar-refractivity contribution in [3.63, 3.8) is 0 Å². The first kappa shape index (κ1) is 22.9. The molecule has 3 rings (SSSR count). The maximum Gasteiger partial charge on any atom is 0.573 e. The van der Waals surface area contributed by atoms with Crippen LogP contribution in [0.25, 0.3) is 0 Å². The van der Waals surface area contributed by atoms with Crippen LogP contribution in [0, 0.1) is 0 Å². The largest absolute Gasteiger partial charge is 0.573 e. The Bertz CT molecular complexity index is 1180. The maximum absolute atomic E-state index is 12.5. The molecule has 1 aromatic heterocycles. The number of amides is 1. The molecule has 0 fully saturated rings. The van der Waals surface area contributed by atoms with E-state index >= 15 is 0 Å². The third kappa shape index (κ3) is 6.14. The van der Waals surface area contributed by atoms with Crippen LogP contribution in [0.15, 0.2) is 59.6 Å². The van der Waals surface area contributed by atoms with Gasteiger partial charge in [-0.05, 0) is 55.5 Å². The molecule has 0 saturated carbocycles. The highest BCUT2D eigenvalue weighted by Gasteiger charge is 2.31. The molecule has 13 heteroatoms. The summed E-state index contributed by atoms with van der Waals surface area (Å²) in [5.41, 5.74) is 0.187. The molecule has 0 saturated heterocycles. The molecule has 3 aromatic rings. The molecular weight excluding hydrogens is 453 g/mol. The van der Waals surface area contributed by atoms with Crippen LogP contribution in [0.1, 0.15) is 17.4 Å². The van der Waals surface area contributed by atoms with Gasteiger partial charge in [-0.1, -0.05) is 0 Å². The fourth-order valence-electron chi connectivity index (χ4n) is 2.49. The minimum absolute atomic E-state index is 0.157. The summed E-state index contributed by atoms with van der Waals surface area (Å²) in [6.07, 6.45) is -4.83. The van der Waals surface area contributed by atoms with Crippen molar-refractivity contribution in [1.82, 2.24) is 10.2 Å². The quantitative estimate of drug-likeness (QED) is 0.461. The van der Waals surface area contributed by atoms with Gasteiger partial charge in [-0.2, -0.15) is 13.5 Å². The molecule has 1 heterocycles. The second kappa shape index (κ2) is 9.18. The molecule has 0 bridgehead atoms. The number of anilines is 2. The fourth-order valence-corrected chi connectivity index (χ4v) is 3.48. The molecule has 170 valence electrons. The van der Waals surface area contributed by atoms with Crippen LogP contribution in [0.4, 0.5) is 24.5 Å². The summed E-state index contributed by atoms with van der Waals surface area (Å²) in [5.74, 6) is -0.647. The van der Waals surface area contributed by atoms with Crippen molar-refractivity contribution in [2.45, 2.75) is 18.3 Å². The van der Waals surface area contributed by atoms with Gasteiger partial charge in [0.05, 0.1) is 6.61 Å². The number of hydrogen-bond donors (Lipinski definition) is 3. The molecule has 0 aliphatic heterocycles. The lowest BCUT2D eigenvalue weighted by atomic mass is 10.3. The zero-order chi connectivity index (χ0) is 23.4. The number of carbonyl (C=O) groups is 1. The Morgan fingerprint density at radius 1 is 1.03 bits per heavy atom. The van der Waals surface area contributed by atoms with E-state index < -0.39 is 28.0 Å². The number of nitrogens with one attached hydrogen (secondary N) is 3. The Morgan fingerprint density at radius 2 is 1.62 bits per heavy atom. The summed E-state index contributed by atoms with van der Waals surface area (Å²) in [5, 5.41) is 7.98. The van der Waals surface area contributed by atoms with Crippen LogP contribution in [0.2, 0.25) is 0 Å². The van der Waals surface area contributed by atoms with Crippen molar-refractivity contribution in [2.75, 3.05) is 16.6 Å². The van der Waals surface area contributed by atoms with Gasteiger partial charge < -0.3 is 14.8 Å². The SMILES string of the molecule is CCOc1ccc(NS(=O)(=O)c2cc(C(=O)Nc3ccc(OC(F)(F)F)cc3)n[nH]2)cc1. The number of nitrogens with zero attached hydrogens (tertiary/aromatic N) is 1. The molecule has 9 nitrogen and oxygen atoms in total. The van der Waals surface area contributed by atoms with Gasteiger partial charge in [0.2, 0.25) is 0 Å². The average Bonchev–Trinajstić information content (AvgIpc) is 3.21. The molecule has 0 atom stereocenters. The van der Waals surface area contributed by atoms with Gasteiger partial charge in [-0.15, -0.1) is 13.2 Å². The Morgan fingerprint density at radius 3 is 2.22 bits per heavy atom. The van der Waals surface area contributed by atoms with E-state index in [0.717, 1.165) is 18.2 Å². The fraction of sp³-hybridized carbons (Fsp3) is 0.158. The molecular formula is C19H17F3N4O5S. The van der Waals surface area contributed by atoms with Gasteiger partial charge in [0.1, 0.15) is 11.5 Å². The number of H-pyrrole nitrogens is 1. The molecule has 0 spiro atoms. The van der Waals surface area contributed by atoms with E-state index in [1.165, 1.54) is 24.3 Å². The lowest BCUT2D eigenvalue weighted by Gasteiger charge is -2.09. The highest BCUT2D eigenvalue weighted by Crippen LogP contribution is 2.24. The van der Waals surface area contributed by atoms with Crippen LogP contribution < -0.4 is 19.5 Å². The van der Waals surface area contributed by atoms with E-state index in [1.54, 1.807) is 12.1 Å². The first-order valence-corrected chi connectivity index (χ1v) is 10.5. The summed E-state index contributed by atoms with van der Waals surface area (Å²) in [7, 11) is -4.06. The molecule has 3 N–H and O–H groups in total. The number of alkyl halides is 3. The third-order valence-electron chi connectivity index (χ3n) is 3.84. The Hall–Kier alpha value is -3.74. The van der Waals surface area contributed by atoms with Crippen molar-refractivity contribution >= 4 is 27.3 Å². The first-order valence-electron chi connectivity index (χ1n) is 9.04. The average molecular weight is 470 g/mol. The minimum atomic E-state index is -4.83. The number of aromatic nitrogens is 2. The van der Waals surface area contributed by atoms with Gasteiger partial charge in [0.25, 0.3) is 15.9 Å². The smallest absolute Gasteiger partial charge is 0.494 e. The number of carbonyl (C=O) groups excluding carboxylic acids is 1. The van der Waals surface area contributed by atoms with Crippen LogP contribution in [-0.2, 0) is 10.0 Å². The number of hydrogen-bond acceptors (Lipinski definition) is 6. The van der Waals surface area contributed by atoms with E-state index in [9.17, 15) is 26.4 Å². The van der Waals surface area contributed by atoms with E-state index in [2.05, 4.69) is 25.0 Å². The van der Waals surface area contributed by atoms with Crippen molar-refractivity contribution in [2.24, 2.45) is 0 Å². The molecule has 0 radical (unpaired) electrons. The number of aromatic amines is 1. The molecule has 1 amide bonds. The maximum atomic E-state index is 12.5. The van der Waals surface area contributed by atoms with Crippen molar-refractivity contribution in [3.8, 4) is 11.5 Å². The van der Waals surface area contributed by atoms with E-state index in [4.69, 9.17) is 4.74 Å². The lowest BCUT2D eigenvalue weighted by Crippen LogP contribution is -2.17. The minimum Gasteiger partial charge on any atom is -0.494 e. The monoisotopic (exact) mass is 470 g/mol. The van der Waals surface area contributed by atoms with Gasteiger partial charge in [-0.3, -0.25) is 14.6 Å². The van der Waals surface area contributed by atoms with Gasteiger partial charge in [0.15, 0.2) is 10.7 Å². The van der Waals surface area contributed by atoms with E-state index in [-0.39, 0.29) is 22.1 Å². The predicted octanol–water partition coefficient (Wildman–Crippen LogP) is 3.76. The second-order valence-electron chi connectivity index (χ2n) is 6.21. The van der Waals surface area contributed by atoms with Crippen molar-refractivity contribution in [1.29, 1.82) is 0 Å². The van der Waals surface area contributed by atoms with Crippen LogP contribution in [0.5, 0.6) is 11.5 Å². The normalized spacial score (nSPS) is 11.6. The Kier molecular flexibility index (Phi) is 6.58. The molecule has 0 aliphatic carbocycles. The number of halogens is 3. The standard InChI is InChI=1S/C19H17F3N4O5S/c1-2-30-14-7-5-13(6-8-14)26-32(28,29)17-11-16(24-25-17)18(27)23-12-3-9-15(10-4-12)31-19(20,21)22/h3-11,26H,2H2,1H3,(H,23,27)(H,24,25).